The monoisotopic (exact) mass is 462 g/mol. The first-order valence-corrected chi connectivity index (χ1v) is 12.5. The molecule has 1 aliphatic heterocycles. The van der Waals surface area contributed by atoms with Crippen LogP contribution < -0.4 is 5.32 Å². The number of nitrogens with one attached hydrogen (secondary N) is 1. The van der Waals surface area contributed by atoms with E-state index >= 15 is 0 Å². The summed E-state index contributed by atoms with van der Waals surface area (Å²) in [6.45, 7) is 8.25. The standard InChI is InChI=1S/C22H30N4O5S/c1-13(2)19(22-24-20(25-31-22)16-5-6-16)23-21(27)17-7-9-18(10-8-17)32(28,29)26-11-14(3)30-15(4)12-26/h7-10,13-16,19H,5-6,11-12H2,1-4H3,(H,23,27). The number of carbonyl (C=O) groups is 1. The molecule has 0 radical (unpaired) electrons. The number of ether oxygens (including phenoxy) is 1. The largest absolute Gasteiger partial charge is 0.373 e. The van der Waals surface area contributed by atoms with Crippen LogP contribution in [0.2, 0.25) is 0 Å². The van der Waals surface area contributed by atoms with Gasteiger partial charge in [0.25, 0.3) is 5.91 Å². The number of amides is 1. The Balaban J connectivity index is 1.47. The minimum atomic E-state index is -3.66. The zero-order valence-electron chi connectivity index (χ0n) is 18.8. The Kier molecular flexibility index (Phi) is 6.37. The van der Waals surface area contributed by atoms with E-state index in [0.29, 0.717) is 36.3 Å². The molecular formula is C22H30N4O5S. The molecule has 10 heteroatoms. The van der Waals surface area contributed by atoms with Gasteiger partial charge in [-0.1, -0.05) is 19.0 Å². The van der Waals surface area contributed by atoms with Crippen LogP contribution in [0.25, 0.3) is 0 Å². The van der Waals surface area contributed by atoms with Crippen molar-refractivity contribution < 1.29 is 22.5 Å². The van der Waals surface area contributed by atoms with Crippen molar-refractivity contribution in [2.24, 2.45) is 5.92 Å². The predicted octanol–water partition coefficient (Wildman–Crippen LogP) is 2.87. The van der Waals surface area contributed by atoms with Crippen LogP contribution in [0.3, 0.4) is 0 Å². The van der Waals surface area contributed by atoms with Crippen molar-refractivity contribution in [1.29, 1.82) is 0 Å². The van der Waals surface area contributed by atoms with Gasteiger partial charge in [0.05, 0.1) is 17.1 Å². The summed E-state index contributed by atoms with van der Waals surface area (Å²) in [5.41, 5.74) is 0.361. The summed E-state index contributed by atoms with van der Waals surface area (Å²) in [6, 6.07) is 5.56. The van der Waals surface area contributed by atoms with Gasteiger partial charge in [-0.3, -0.25) is 4.79 Å². The normalized spacial score (nSPS) is 23.3. The van der Waals surface area contributed by atoms with Gasteiger partial charge in [0.15, 0.2) is 5.82 Å². The number of morpholine rings is 1. The highest BCUT2D eigenvalue weighted by molar-refractivity contribution is 7.89. The number of rotatable bonds is 7. The Labute approximate surface area is 188 Å². The highest BCUT2D eigenvalue weighted by Crippen LogP contribution is 2.38. The second-order valence-electron chi connectivity index (χ2n) is 9.06. The van der Waals surface area contributed by atoms with Gasteiger partial charge >= 0.3 is 0 Å². The van der Waals surface area contributed by atoms with Crippen molar-refractivity contribution in [3.8, 4) is 0 Å². The van der Waals surface area contributed by atoms with Crippen LogP contribution in [-0.2, 0) is 14.8 Å². The van der Waals surface area contributed by atoms with Gasteiger partial charge in [0.1, 0.15) is 6.04 Å². The van der Waals surface area contributed by atoms with E-state index in [-0.39, 0.29) is 28.9 Å². The maximum Gasteiger partial charge on any atom is 0.251 e. The Morgan fingerprint density at radius 3 is 2.31 bits per heavy atom. The molecule has 3 atom stereocenters. The molecule has 1 aromatic carbocycles. The van der Waals surface area contributed by atoms with Gasteiger partial charge < -0.3 is 14.6 Å². The Bertz CT molecular complexity index is 1050. The molecule has 32 heavy (non-hydrogen) atoms. The lowest BCUT2D eigenvalue weighted by molar-refractivity contribution is -0.0440. The minimum Gasteiger partial charge on any atom is -0.373 e. The molecule has 1 amide bonds. The van der Waals surface area contributed by atoms with Crippen molar-refractivity contribution in [3.05, 3.63) is 41.5 Å². The fourth-order valence-electron chi connectivity index (χ4n) is 3.87. The Morgan fingerprint density at radius 1 is 1.12 bits per heavy atom. The van der Waals surface area contributed by atoms with E-state index in [0.717, 1.165) is 12.8 Å². The third-order valence-electron chi connectivity index (χ3n) is 5.76. The fourth-order valence-corrected chi connectivity index (χ4v) is 5.46. The smallest absolute Gasteiger partial charge is 0.251 e. The SMILES string of the molecule is CC1CN(S(=O)(=O)c2ccc(C(=O)NC(c3nc(C4CC4)no3)C(C)C)cc2)CC(C)O1. The molecule has 2 aromatic rings. The lowest BCUT2D eigenvalue weighted by atomic mass is 10.0. The number of nitrogens with zero attached hydrogens (tertiary/aromatic N) is 3. The zero-order chi connectivity index (χ0) is 23.0. The number of hydrogen-bond acceptors (Lipinski definition) is 7. The van der Waals surface area contributed by atoms with E-state index < -0.39 is 16.1 Å². The maximum absolute atomic E-state index is 13.0. The summed E-state index contributed by atoms with van der Waals surface area (Å²) in [5.74, 6) is 1.16. The lowest BCUT2D eigenvalue weighted by Crippen LogP contribution is -2.48. The molecule has 1 saturated carbocycles. The lowest BCUT2D eigenvalue weighted by Gasteiger charge is -2.34. The number of benzene rings is 1. The summed E-state index contributed by atoms with van der Waals surface area (Å²) in [7, 11) is -3.66. The van der Waals surface area contributed by atoms with E-state index in [1.807, 2.05) is 27.7 Å². The van der Waals surface area contributed by atoms with Gasteiger partial charge in [-0.2, -0.15) is 9.29 Å². The summed E-state index contributed by atoms with van der Waals surface area (Å²) in [5, 5.41) is 6.98. The second-order valence-corrected chi connectivity index (χ2v) is 11.0. The summed E-state index contributed by atoms with van der Waals surface area (Å²) < 4.78 is 38.5. The van der Waals surface area contributed by atoms with Crippen LogP contribution in [0.1, 0.15) is 74.6 Å². The maximum atomic E-state index is 13.0. The molecule has 1 saturated heterocycles. The average molecular weight is 463 g/mol. The molecule has 2 aliphatic rings. The number of hydrogen-bond donors (Lipinski definition) is 1. The summed E-state index contributed by atoms with van der Waals surface area (Å²) >= 11 is 0. The molecule has 0 bridgehead atoms. The number of aromatic nitrogens is 2. The quantitative estimate of drug-likeness (QED) is 0.673. The molecule has 1 aromatic heterocycles. The van der Waals surface area contributed by atoms with Crippen molar-refractivity contribution in [1.82, 2.24) is 19.8 Å². The fraction of sp³-hybridized carbons (Fsp3) is 0.591. The first-order chi connectivity index (χ1) is 15.1. The summed E-state index contributed by atoms with van der Waals surface area (Å²) in [6.07, 6.45) is 1.79. The molecule has 9 nitrogen and oxygen atoms in total. The van der Waals surface area contributed by atoms with Crippen LogP contribution in [0.15, 0.2) is 33.7 Å². The number of sulfonamides is 1. The van der Waals surface area contributed by atoms with E-state index in [1.165, 1.54) is 28.6 Å². The van der Waals surface area contributed by atoms with Crippen LogP contribution >= 0.6 is 0 Å². The third-order valence-corrected chi connectivity index (χ3v) is 7.61. The van der Waals surface area contributed by atoms with Crippen LogP contribution in [-0.4, -0.2) is 54.1 Å². The Morgan fingerprint density at radius 2 is 1.75 bits per heavy atom. The molecular weight excluding hydrogens is 432 g/mol. The second kappa shape index (κ2) is 8.92. The van der Waals surface area contributed by atoms with Gasteiger partial charge in [-0.05, 0) is 56.9 Å². The Hall–Kier alpha value is -2.30. The van der Waals surface area contributed by atoms with E-state index in [1.54, 1.807) is 0 Å². The highest BCUT2D eigenvalue weighted by atomic mass is 32.2. The zero-order valence-corrected chi connectivity index (χ0v) is 19.6. The molecule has 1 N–H and O–H groups in total. The van der Waals surface area contributed by atoms with Crippen LogP contribution in [0.5, 0.6) is 0 Å². The van der Waals surface area contributed by atoms with E-state index in [4.69, 9.17) is 9.26 Å². The molecule has 2 fully saturated rings. The van der Waals surface area contributed by atoms with Crippen molar-refractivity contribution >= 4 is 15.9 Å². The molecule has 174 valence electrons. The minimum absolute atomic E-state index is 0.0383. The van der Waals surface area contributed by atoms with Crippen LogP contribution in [0, 0.1) is 5.92 Å². The first kappa shape index (κ1) is 22.9. The number of carbonyl (C=O) groups excluding carboxylic acids is 1. The predicted molar refractivity (Wildman–Crippen MR) is 117 cm³/mol. The first-order valence-electron chi connectivity index (χ1n) is 11.0. The van der Waals surface area contributed by atoms with Gasteiger partial charge in [0, 0.05) is 24.6 Å². The van der Waals surface area contributed by atoms with Gasteiger partial charge in [-0.15, -0.1) is 0 Å². The van der Waals surface area contributed by atoms with Gasteiger partial charge in [0.2, 0.25) is 15.9 Å². The molecule has 0 spiro atoms. The van der Waals surface area contributed by atoms with Crippen molar-refractivity contribution in [3.63, 3.8) is 0 Å². The van der Waals surface area contributed by atoms with Gasteiger partial charge in [-0.25, -0.2) is 8.42 Å². The highest BCUT2D eigenvalue weighted by Gasteiger charge is 2.33. The van der Waals surface area contributed by atoms with Crippen LogP contribution in [0.4, 0.5) is 0 Å². The topological polar surface area (TPSA) is 115 Å². The summed E-state index contributed by atoms with van der Waals surface area (Å²) in [4.78, 5) is 17.5. The van der Waals surface area contributed by atoms with E-state index in [2.05, 4.69) is 15.5 Å². The van der Waals surface area contributed by atoms with Crippen molar-refractivity contribution in [2.75, 3.05) is 13.1 Å². The van der Waals surface area contributed by atoms with E-state index in [9.17, 15) is 13.2 Å². The molecule has 4 rings (SSSR count). The molecule has 3 unspecified atom stereocenters. The third kappa shape index (κ3) is 4.87. The average Bonchev–Trinajstić information content (AvgIpc) is 3.48. The van der Waals surface area contributed by atoms with Crippen molar-refractivity contribution in [2.45, 2.75) is 69.6 Å². The molecule has 2 heterocycles. The molecule has 1 aliphatic carbocycles.